The molecule has 1 fully saturated rings. The first-order chi connectivity index (χ1) is 6.22. The van der Waals surface area contributed by atoms with Gasteiger partial charge in [-0.25, -0.2) is 0 Å². The number of hydrogen-bond donors (Lipinski definition) is 0. The molecule has 0 bridgehead atoms. The van der Waals surface area contributed by atoms with Crippen molar-refractivity contribution in [3.05, 3.63) is 28.8 Å². The summed E-state index contributed by atoms with van der Waals surface area (Å²) in [6.45, 7) is 5.01. The smallest absolute Gasteiger partial charge is 0.125 e. The quantitative estimate of drug-likeness (QED) is 0.648. The van der Waals surface area contributed by atoms with Crippen LogP contribution in [0.1, 0.15) is 22.8 Å². The second kappa shape index (κ2) is 3.04. The van der Waals surface area contributed by atoms with Crippen molar-refractivity contribution >= 4 is 0 Å². The molecule has 2 nitrogen and oxygen atoms in total. The summed E-state index contributed by atoms with van der Waals surface area (Å²) in [5.41, 5.74) is 3.71. The molecule has 1 aliphatic rings. The second-order valence-corrected chi connectivity index (χ2v) is 3.52. The lowest BCUT2D eigenvalue weighted by molar-refractivity contribution is 0.382. The molecule has 13 heavy (non-hydrogen) atoms. The fourth-order valence-corrected chi connectivity index (χ4v) is 1.74. The third kappa shape index (κ3) is 1.54. The molecule has 0 aliphatic carbocycles. The van der Waals surface area contributed by atoms with Gasteiger partial charge < -0.3 is 9.47 Å². The monoisotopic (exact) mass is 178 g/mol. The van der Waals surface area contributed by atoms with E-state index in [1.165, 1.54) is 16.7 Å². The number of rotatable bonds is 2. The van der Waals surface area contributed by atoms with Gasteiger partial charge in [0, 0.05) is 5.56 Å². The Kier molecular flexibility index (Phi) is 2.00. The summed E-state index contributed by atoms with van der Waals surface area (Å²) in [4.78, 5) is 0. The van der Waals surface area contributed by atoms with Crippen LogP contribution in [0.4, 0.5) is 0 Å². The van der Waals surface area contributed by atoms with E-state index in [-0.39, 0.29) is 6.10 Å². The minimum atomic E-state index is 0.274. The van der Waals surface area contributed by atoms with Crippen LogP contribution in [0.25, 0.3) is 0 Å². The van der Waals surface area contributed by atoms with Crippen molar-refractivity contribution in [2.24, 2.45) is 0 Å². The van der Waals surface area contributed by atoms with E-state index in [9.17, 15) is 0 Å². The predicted molar refractivity (Wildman–Crippen MR) is 51.2 cm³/mol. The summed E-state index contributed by atoms with van der Waals surface area (Å²) in [5.74, 6) is 0.958. The van der Waals surface area contributed by atoms with E-state index in [0.29, 0.717) is 0 Å². The van der Waals surface area contributed by atoms with Gasteiger partial charge in [0.25, 0.3) is 0 Å². The van der Waals surface area contributed by atoms with E-state index in [4.69, 9.17) is 9.47 Å². The Morgan fingerprint density at radius 1 is 1.38 bits per heavy atom. The van der Waals surface area contributed by atoms with Crippen LogP contribution in [0, 0.1) is 13.8 Å². The van der Waals surface area contributed by atoms with Gasteiger partial charge in [-0.3, -0.25) is 0 Å². The number of methoxy groups -OCH3 is 1. The van der Waals surface area contributed by atoms with Crippen molar-refractivity contribution in [2.75, 3.05) is 13.7 Å². The third-order valence-corrected chi connectivity index (χ3v) is 2.37. The van der Waals surface area contributed by atoms with Crippen molar-refractivity contribution in [2.45, 2.75) is 20.0 Å². The van der Waals surface area contributed by atoms with Crippen molar-refractivity contribution in [3.8, 4) is 5.75 Å². The van der Waals surface area contributed by atoms with Gasteiger partial charge in [0.15, 0.2) is 0 Å². The van der Waals surface area contributed by atoms with Crippen LogP contribution >= 0.6 is 0 Å². The number of hydrogen-bond acceptors (Lipinski definition) is 2. The number of ether oxygens (including phenoxy) is 2. The van der Waals surface area contributed by atoms with Crippen LogP contribution in [-0.4, -0.2) is 13.7 Å². The number of aryl methyl sites for hydroxylation is 2. The van der Waals surface area contributed by atoms with Gasteiger partial charge >= 0.3 is 0 Å². The highest BCUT2D eigenvalue weighted by Crippen LogP contribution is 2.38. The Bertz CT molecular complexity index is 327. The van der Waals surface area contributed by atoms with Crippen LogP contribution in [0.15, 0.2) is 12.1 Å². The molecule has 1 aromatic rings. The summed E-state index contributed by atoms with van der Waals surface area (Å²) >= 11 is 0. The second-order valence-electron chi connectivity index (χ2n) is 3.52. The van der Waals surface area contributed by atoms with Gasteiger partial charge in [-0.05, 0) is 31.0 Å². The molecule has 1 unspecified atom stereocenters. The van der Waals surface area contributed by atoms with Crippen molar-refractivity contribution < 1.29 is 9.47 Å². The average Bonchev–Trinajstić information content (AvgIpc) is 2.86. The van der Waals surface area contributed by atoms with Gasteiger partial charge in [0.05, 0.1) is 13.7 Å². The summed E-state index contributed by atoms with van der Waals surface area (Å²) in [6.07, 6.45) is 0.274. The average molecular weight is 178 g/mol. The first-order valence-corrected chi connectivity index (χ1v) is 4.49. The third-order valence-electron chi connectivity index (χ3n) is 2.37. The normalized spacial score (nSPS) is 20.1. The van der Waals surface area contributed by atoms with E-state index >= 15 is 0 Å². The number of epoxide rings is 1. The molecule has 0 aromatic heterocycles. The zero-order chi connectivity index (χ0) is 9.42. The van der Waals surface area contributed by atoms with E-state index in [1.54, 1.807) is 7.11 Å². The minimum absolute atomic E-state index is 0.274. The SMILES string of the molecule is COc1cc(C)cc(C)c1C1CO1. The maximum atomic E-state index is 5.33. The molecule has 70 valence electrons. The van der Waals surface area contributed by atoms with Gasteiger partial charge in [-0.1, -0.05) is 6.07 Å². The summed E-state index contributed by atoms with van der Waals surface area (Å²) in [7, 11) is 1.71. The zero-order valence-electron chi connectivity index (χ0n) is 8.26. The molecule has 2 heteroatoms. The van der Waals surface area contributed by atoms with Crippen LogP contribution in [0.5, 0.6) is 5.75 Å². The molecule has 1 heterocycles. The lowest BCUT2D eigenvalue weighted by atomic mass is 10.0. The van der Waals surface area contributed by atoms with Crippen molar-refractivity contribution in [1.29, 1.82) is 0 Å². The highest BCUT2D eigenvalue weighted by atomic mass is 16.6. The van der Waals surface area contributed by atoms with Gasteiger partial charge in [0.2, 0.25) is 0 Å². The Morgan fingerprint density at radius 3 is 2.62 bits per heavy atom. The summed E-state index contributed by atoms with van der Waals surface area (Å²) < 4.78 is 10.6. The zero-order valence-corrected chi connectivity index (χ0v) is 8.26. The molecule has 0 saturated carbocycles. The van der Waals surface area contributed by atoms with E-state index in [0.717, 1.165) is 12.4 Å². The molecule has 1 aliphatic heterocycles. The molecular weight excluding hydrogens is 164 g/mol. The van der Waals surface area contributed by atoms with Crippen LogP contribution in [0.2, 0.25) is 0 Å². The number of benzene rings is 1. The molecule has 1 atom stereocenters. The van der Waals surface area contributed by atoms with Crippen LogP contribution in [0.3, 0.4) is 0 Å². The lowest BCUT2D eigenvalue weighted by Gasteiger charge is -2.10. The Labute approximate surface area is 78.5 Å². The van der Waals surface area contributed by atoms with E-state index in [2.05, 4.69) is 26.0 Å². The molecule has 2 rings (SSSR count). The molecule has 1 aromatic carbocycles. The van der Waals surface area contributed by atoms with Crippen molar-refractivity contribution in [3.63, 3.8) is 0 Å². The highest BCUT2D eigenvalue weighted by molar-refractivity contribution is 5.45. The van der Waals surface area contributed by atoms with Crippen LogP contribution < -0.4 is 4.74 Å². The predicted octanol–water partition coefficient (Wildman–Crippen LogP) is 2.38. The fraction of sp³-hybridized carbons (Fsp3) is 0.455. The van der Waals surface area contributed by atoms with Gasteiger partial charge in [-0.2, -0.15) is 0 Å². The lowest BCUT2D eigenvalue weighted by Crippen LogP contribution is -1.95. The molecule has 0 radical (unpaired) electrons. The van der Waals surface area contributed by atoms with Gasteiger partial charge in [0.1, 0.15) is 11.9 Å². The van der Waals surface area contributed by atoms with E-state index in [1.807, 2.05) is 0 Å². The van der Waals surface area contributed by atoms with Gasteiger partial charge in [-0.15, -0.1) is 0 Å². The van der Waals surface area contributed by atoms with Crippen molar-refractivity contribution in [1.82, 2.24) is 0 Å². The molecule has 0 spiro atoms. The minimum Gasteiger partial charge on any atom is -0.496 e. The van der Waals surface area contributed by atoms with E-state index < -0.39 is 0 Å². The first kappa shape index (κ1) is 8.57. The standard InChI is InChI=1S/C11H14O2/c1-7-4-8(2)11(10-6-13-10)9(5-7)12-3/h4-5,10H,6H2,1-3H3. The summed E-state index contributed by atoms with van der Waals surface area (Å²) in [6, 6.07) is 4.23. The first-order valence-electron chi connectivity index (χ1n) is 4.49. The molecule has 0 N–H and O–H groups in total. The fourth-order valence-electron chi connectivity index (χ4n) is 1.74. The summed E-state index contributed by atoms with van der Waals surface area (Å²) in [5, 5.41) is 0. The maximum Gasteiger partial charge on any atom is 0.125 e. The largest absolute Gasteiger partial charge is 0.496 e. The Morgan fingerprint density at radius 2 is 2.08 bits per heavy atom. The Hall–Kier alpha value is -1.02. The highest BCUT2D eigenvalue weighted by Gasteiger charge is 2.29. The van der Waals surface area contributed by atoms with Crippen LogP contribution in [-0.2, 0) is 4.74 Å². The Balaban J connectivity index is 2.50. The molecular formula is C11H14O2. The molecule has 0 amide bonds. The maximum absolute atomic E-state index is 5.33. The molecule has 1 saturated heterocycles. The topological polar surface area (TPSA) is 21.8 Å².